The largest absolute Gasteiger partial charge is 0.235 e. The summed E-state index contributed by atoms with van der Waals surface area (Å²) < 4.78 is 0. The van der Waals surface area contributed by atoms with Crippen LogP contribution in [0.1, 0.15) is 23.6 Å². The van der Waals surface area contributed by atoms with Gasteiger partial charge in [-0.05, 0) is 24.0 Å². The van der Waals surface area contributed by atoms with Gasteiger partial charge in [0.1, 0.15) is 6.04 Å². The molecule has 4 heteroatoms. The third-order valence-electron chi connectivity index (χ3n) is 2.39. The summed E-state index contributed by atoms with van der Waals surface area (Å²) in [7, 11) is 0. The highest BCUT2D eigenvalue weighted by Gasteiger charge is 2.24. The van der Waals surface area contributed by atoms with E-state index in [2.05, 4.69) is 5.43 Å². The third-order valence-corrected chi connectivity index (χ3v) is 2.39. The second-order valence-electron chi connectivity index (χ2n) is 3.18. The average Bonchev–Trinajstić information content (AvgIpc) is 2.48. The van der Waals surface area contributed by atoms with E-state index >= 15 is 0 Å². The van der Waals surface area contributed by atoms with Crippen molar-refractivity contribution in [1.82, 2.24) is 5.43 Å². The number of fused-ring (bicyclic) bond motifs is 1. The quantitative estimate of drug-likeness (QED) is 0.551. The van der Waals surface area contributed by atoms with E-state index in [-0.39, 0.29) is 6.04 Å². The van der Waals surface area contributed by atoms with Gasteiger partial charge in [0.05, 0.1) is 0 Å². The van der Waals surface area contributed by atoms with Crippen LogP contribution in [0, 0.1) is 10.1 Å². The molecule has 0 amide bonds. The third kappa shape index (κ3) is 1.47. The summed E-state index contributed by atoms with van der Waals surface area (Å²) in [5, 5.41) is 9.79. The Balaban J connectivity index is 2.23. The highest BCUT2D eigenvalue weighted by Crippen LogP contribution is 2.30. The molecule has 1 aliphatic carbocycles. The fraction of sp³-hybridized carbons (Fsp3) is 0.333. The second-order valence-corrected chi connectivity index (χ2v) is 3.18. The number of nitrogens with one attached hydrogen (secondary N) is 1. The summed E-state index contributed by atoms with van der Waals surface area (Å²) in [6.45, 7) is 0. The number of aryl methyl sites for hydroxylation is 1. The van der Waals surface area contributed by atoms with Crippen molar-refractivity contribution in [1.29, 1.82) is 0 Å². The van der Waals surface area contributed by atoms with E-state index in [1.54, 1.807) is 0 Å². The molecule has 2 rings (SSSR count). The monoisotopic (exact) mass is 178 g/mol. The molecule has 0 heterocycles. The number of benzene rings is 1. The lowest BCUT2D eigenvalue weighted by Crippen LogP contribution is -2.25. The van der Waals surface area contributed by atoms with Crippen LogP contribution < -0.4 is 5.43 Å². The first-order chi connectivity index (χ1) is 6.27. The zero-order valence-electron chi connectivity index (χ0n) is 7.06. The van der Waals surface area contributed by atoms with E-state index in [4.69, 9.17) is 0 Å². The van der Waals surface area contributed by atoms with Crippen molar-refractivity contribution in [2.24, 2.45) is 0 Å². The van der Waals surface area contributed by atoms with Gasteiger partial charge in [0.2, 0.25) is 0 Å². The molecule has 0 saturated heterocycles. The van der Waals surface area contributed by atoms with Crippen LogP contribution in [0.2, 0.25) is 0 Å². The Bertz CT molecular complexity index is 338. The number of hydrazine groups is 1. The highest BCUT2D eigenvalue weighted by atomic mass is 16.7. The topological polar surface area (TPSA) is 55.2 Å². The lowest BCUT2D eigenvalue weighted by atomic mass is 10.1. The molecule has 0 saturated carbocycles. The Morgan fingerprint density at radius 1 is 1.46 bits per heavy atom. The minimum atomic E-state index is -0.466. The molecule has 4 nitrogen and oxygen atoms in total. The second kappa shape index (κ2) is 3.05. The molecule has 1 N–H and O–H groups in total. The maximum absolute atomic E-state index is 10.3. The smallest absolute Gasteiger partial charge is 0.158 e. The van der Waals surface area contributed by atoms with Crippen molar-refractivity contribution in [3.63, 3.8) is 0 Å². The minimum Gasteiger partial charge on any atom is -0.235 e. The molecule has 1 atom stereocenters. The van der Waals surface area contributed by atoms with Crippen molar-refractivity contribution in [3.05, 3.63) is 45.5 Å². The molecule has 0 bridgehead atoms. The van der Waals surface area contributed by atoms with Crippen LogP contribution in [0.5, 0.6) is 0 Å². The fourth-order valence-electron chi connectivity index (χ4n) is 1.82. The van der Waals surface area contributed by atoms with Crippen LogP contribution in [0.25, 0.3) is 0 Å². The molecule has 0 spiro atoms. The molecule has 68 valence electrons. The van der Waals surface area contributed by atoms with Gasteiger partial charge in [-0.3, -0.25) is 0 Å². The Hall–Kier alpha value is -1.58. The van der Waals surface area contributed by atoms with Gasteiger partial charge in [-0.2, -0.15) is 0 Å². The summed E-state index contributed by atoms with van der Waals surface area (Å²) in [5.41, 5.74) is 4.61. The Labute approximate surface area is 75.7 Å². The van der Waals surface area contributed by atoms with Crippen LogP contribution in [0.4, 0.5) is 0 Å². The number of rotatable bonds is 2. The maximum atomic E-state index is 10.3. The van der Waals surface area contributed by atoms with E-state index in [0.717, 1.165) is 18.4 Å². The zero-order chi connectivity index (χ0) is 9.26. The molecule has 0 fully saturated rings. The number of nitro groups is 1. The van der Waals surface area contributed by atoms with Gasteiger partial charge in [-0.25, -0.2) is 10.1 Å². The lowest BCUT2D eigenvalue weighted by Gasteiger charge is -2.06. The maximum Gasteiger partial charge on any atom is 0.158 e. The molecule has 1 aliphatic rings. The summed E-state index contributed by atoms with van der Waals surface area (Å²) in [4.78, 5) is 10.3. The molecular formula is C9H10N2O2. The van der Waals surface area contributed by atoms with Crippen molar-refractivity contribution in [2.45, 2.75) is 18.9 Å². The van der Waals surface area contributed by atoms with Gasteiger partial charge in [0, 0.05) is 0 Å². The van der Waals surface area contributed by atoms with Gasteiger partial charge in [0.15, 0.2) is 5.03 Å². The highest BCUT2D eigenvalue weighted by molar-refractivity contribution is 5.33. The molecule has 0 aliphatic heterocycles. The van der Waals surface area contributed by atoms with Crippen LogP contribution in [0.3, 0.4) is 0 Å². The van der Waals surface area contributed by atoms with Crippen molar-refractivity contribution in [3.8, 4) is 0 Å². The van der Waals surface area contributed by atoms with Crippen LogP contribution >= 0.6 is 0 Å². The fourth-order valence-corrected chi connectivity index (χ4v) is 1.82. The van der Waals surface area contributed by atoms with Gasteiger partial charge < -0.3 is 0 Å². The standard InChI is InChI=1S/C9H10N2O2/c12-11(13)10-9-6-5-7-3-1-2-4-8(7)9/h1-4,9-10H,5-6H2. The summed E-state index contributed by atoms with van der Waals surface area (Å²) in [6.07, 6.45) is 1.75. The van der Waals surface area contributed by atoms with E-state index in [1.807, 2.05) is 24.3 Å². The van der Waals surface area contributed by atoms with Gasteiger partial charge in [-0.1, -0.05) is 24.3 Å². The van der Waals surface area contributed by atoms with E-state index in [9.17, 15) is 10.1 Å². The Morgan fingerprint density at radius 2 is 2.23 bits per heavy atom. The predicted octanol–water partition coefficient (Wildman–Crippen LogP) is 1.46. The predicted molar refractivity (Wildman–Crippen MR) is 47.6 cm³/mol. The molecule has 1 aromatic rings. The van der Waals surface area contributed by atoms with Crippen LogP contribution in [0.15, 0.2) is 24.3 Å². The van der Waals surface area contributed by atoms with E-state index < -0.39 is 5.03 Å². The number of hydrogen-bond donors (Lipinski definition) is 1. The van der Waals surface area contributed by atoms with Crippen molar-refractivity contribution in [2.75, 3.05) is 0 Å². The molecule has 1 aromatic carbocycles. The lowest BCUT2D eigenvalue weighted by molar-refractivity contribution is -0.552. The molecular weight excluding hydrogens is 168 g/mol. The first kappa shape index (κ1) is 8.04. The average molecular weight is 178 g/mol. The number of hydrogen-bond acceptors (Lipinski definition) is 2. The van der Waals surface area contributed by atoms with Crippen molar-refractivity contribution < 1.29 is 5.03 Å². The number of nitrogens with zero attached hydrogens (tertiary/aromatic N) is 1. The molecule has 0 aromatic heterocycles. The molecule has 13 heavy (non-hydrogen) atoms. The van der Waals surface area contributed by atoms with Crippen LogP contribution in [-0.4, -0.2) is 5.03 Å². The minimum absolute atomic E-state index is 0.105. The van der Waals surface area contributed by atoms with E-state index in [0.29, 0.717) is 0 Å². The first-order valence-corrected chi connectivity index (χ1v) is 4.26. The zero-order valence-corrected chi connectivity index (χ0v) is 7.06. The SMILES string of the molecule is O=[N+]([O-])NC1CCc2ccccc21. The summed E-state index contributed by atoms with van der Waals surface area (Å²) in [6, 6.07) is 7.75. The molecule has 1 unspecified atom stereocenters. The van der Waals surface area contributed by atoms with E-state index in [1.165, 1.54) is 5.56 Å². The van der Waals surface area contributed by atoms with Gasteiger partial charge in [0.25, 0.3) is 0 Å². The van der Waals surface area contributed by atoms with Gasteiger partial charge in [-0.15, -0.1) is 5.43 Å². The normalized spacial score (nSPS) is 19.5. The Kier molecular flexibility index (Phi) is 1.88. The summed E-state index contributed by atoms with van der Waals surface area (Å²) >= 11 is 0. The first-order valence-electron chi connectivity index (χ1n) is 4.26. The Morgan fingerprint density at radius 3 is 3.00 bits per heavy atom. The van der Waals surface area contributed by atoms with Crippen LogP contribution in [-0.2, 0) is 6.42 Å². The molecule has 0 radical (unpaired) electrons. The van der Waals surface area contributed by atoms with Gasteiger partial charge >= 0.3 is 0 Å². The van der Waals surface area contributed by atoms with Crippen molar-refractivity contribution >= 4 is 0 Å². The summed E-state index contributed by atoms with van der Waals surface area (Å²) in [5.74, 6) is 0.